The lowest BCUT2D eigenvalue weighted by Crippen LogP contribution is -2.30. The maximum atomic E-state index is 14.3. The van der Waals surface area contributed by atoms with Gasteiger partial charge >= 0.3 is 0 Å². The van der Waals surface area contributed by atoms with Crippen LogP contribution in [0.2, 0.25) is 0 Å². The molecule has 0 radical (unpaired) electrons. The van der Waals surface area contributed by atoms with Crippen molar-refractivity contribution in [2.45, 2.75) is 6.04 Å². The van der Waals surface area contributed by atoms with Gasteiger partial charge in [-0.3, -0.25) is 4.57 Å². The Bertz CT molecular complexity index is 1100. The van der Waals surface area contributed by atoms with Crippen molar-refractivity contribution in [3.8, 4) is 11.8 Å². The number of hydrogen-bond donors (Lipinski definition) is 1. The molecule has 0 fully saturated rings. The number of nitrogens with one attached hydrogen (secondary N) is 1. The summed E-state index contributed by atoms with van der Waals surface area (Å²) in [6.45, 7) is 0. The van der Waals surface area contributed by atoms with Gasteiger partial charge in [-0.05, 0) is 48.5 Å². The average molecular weight is 397 g/mol. The highest BCUT2D eigenvalue weighted by atomic mass is 31.2. The normalized spacial score (nSPS) is 12.0. The van der Waals surface area contributed by atoms with Crippen molar-refractivity contribution in [2.24, 2.45) is 0 Å². The highest BCUT2D eigenvalue weighted by molar-refractivity contribution is 7.76. The maximum absolute atomic E-state index is 14.3. The van der Waals surface area contributed by atoms with E-state index >= 15 is 0 Å². The fourth-order valence-electron chi connectivity index (χ4n) is 3.06. The molecule has 4 rings (SSSR count). The second-order valence-corrected chi connectivity index (χ2v) is 9.00. The first kappa shape index (κ1) is 19.0. The summed E-state index contributed by atoms with van der Waals surface area (Å²) >= 11 is 0. The second kappa shape index (κ2) is 8.80. The molecule has 1 heterocycles. The van der Waals surface area contributed by atoms with Crippen molar-refractivity contribution >= 4 is 17.9 Å². The van der Waals surface area contributed by atoms with Gasteiger partial charge in [-0.1, -0.05) is 66.4 Å². The van der Waals surface area contributed by atoms with E-state index in [1.54, 1.807) is 6.26 Å². The Hall–Kier alpha value is -3.31. The van der Waals surface area contributed by atoms with Crippen molar-refractivity contribution in [3.05, 3.63) is 121 Å². The fraction of sp³-hybridized carbons (Fsp3) is 0.0400. The third-order valence-electron chi connectivity index (χ3n) is 4.51. The Morgan fingerprint density at radius 1 is 0.724 bits per heavy atom. The first-order valence-corrected chi connectivity index (χ1v) is 11.1. The number of furan rings is 1. The zero-order valence-electron chi connectivity index (χ0n) is 15.7. The quantitative estimate of drug-likeness (QED) is 0.385. The number of benzene rings is 3. The molecule has 0 amide bonds. The van der Waals surface area contributed by atoms with Gasteiger partial charge in [-0.25, -0.2) is 5.09 Å². The molecule has 1 atom stereocenters. The van der Waals surface area contributed by atoms with Gasteiger partial charge in [0.25, 0.3) is 0 Å². The molecule has 1 aromatic heterocycles. The van der Waals surface area contributed by atoms with Crippen LogP contribution in [0.5, 0.6) is 0 Å². The first-order chi connectivity index (χ1) is 14.3. The zero-order valence-corrected chi connectivity index (χ0v) is 16.6. The van der Waals surface area contributed by atoms with Crippen LogP contribution in [0, 0.1) is 11.8 Å². The molecule has 3 aromatic carbocycles. The average Bonchev–Trinajstić information content (AvgIpc) is 3.33. The second-order valence-electron chi connectivity index (χ2n) is 6.49. The molecule has 3 nitrogen and oxygen atoms in total. The van der Waals surface area contributed by atoms with Crippen molar-refractivity contribution in [3.63, 3.8) is 0 Å². The van der Waals surface area contributed by atoms with Crippen molar-refractivity contribution in [2.75, 3.05) is 0 Å². The van der Waals surface area contributed by atoms with E-state index in [1.807, 2.05) is 103 Å². The van der Waals surface area contributed by atoms with Crippen LogP contribution < -0.4 is 15.7 Å². The third-order valence-corrected chi connectivity index (χ3v) is 7.19. The smallest absolute Gasteiger partial charge is 0.205 e. The molecule has 142 valence electrons. The van der Waals surface area contributed by atoms with Gasteiger partial charge < -0.3 is 4.42 Å². The summed E-state index contributed by atoms with van der Waals surface area (Å²) in [5.74, 6) is 7.00. The summed E-state index contributed by atoms with van der Waals surface area (Å²) in [6.07, 6.45) is 1.60. The molecule has 0 saturated heterocycles. The molecular formula is C25H20NO2P. The molecule has 0 aliphatic rings. The summed E-state index contributed by atoms with van der Waals surface area (Å²) in [7, 11) is -3.16. The van der Waals surface area contributed by atoms with E-state index in [2.05, 4.69) is 16.9 Å². The monoisotopic (exact) mass is 397 g/mol. The third kappa shape index (κ3) is 4.41. The van der Waals surface area contributed by atoms with Gasteiger partial charge in [0.1, 0.15) is 11.8 Å². The standard InChI is InChI=1S/C25H20NO2P/c27-29(22-13-6-2-7-14-22,23-15-8-3-9-16-23)26-24(25-17-10-20-28-25)19-18-21-11-4-1-5-12-21/h1-17,20,24H,(H,26,27)/t24-/m1/s1. The number of hydrogen-bond acceptors (Lipinski definition) is 2. The molecule has 0 bridgehead atoms. The van der Waals surface area contributed by atoms with Crippen LogP contribution in [-0.4, -0.2) is 0 Å². The van der Waals surface area contributed by atoms with Gasteiger partial charge in [0.2, 0.25) is 7.29 Å². The molecule has 4 aromatic rings. The number of rotatable bonds is 5. The van der Waals surface area contributed by atoms with Crippen LogP contribution in [0.3, 0.4) is 0 Å². The molecular weight excluding hydrogens is 377 g/mol. The summed E-state index contributed by atoms with van der Waals surface area (Å²) in [5.41, 5.74) is 0.889. The lowest BCUT2D eigenvalue weighted by Gasteiger charge is -2.23. The van der Waals surface area contributed by atoms with E-state index in [4.69, 9.17) is 4.42 Å². The molecule has 1 N–H and O–H groups in total. The van der Waals surface area contributed by atoms with Crippen LogP contribution in [0.1, 0.15) is 17.4 Å². The van der Waals surface area contributed by atoms with Crippen LogP contribution >= 0.6 is 7.29 Å². The van der Waals surface area contributed by atoms with E-state index in [9.17, 15) is 4.57 Å². The largest absolute Gasteiger partial charge is 0.467 e. The highest BCUT2D eigenvalue weighted by Crippen LogP contribution is 2.41. The molecule has 0 aliphatic carbocycles. The van der Waals surface area contributed by atoms with E-state index in [-0.39, 0.29) is 0 Å². The minimum Gasteiger partial charge on any atom is -0.467 e. The Morgan fingerprint density at radius 3 is 1.79 bits per heavy atom. The summed E-state index contributed by atoms with van der Waals surface area (Å²) in [4.78, 5) is 0. The van der Waals surface area contributed by atoms with Crippen LogP contribution in [0.4, 0.5) is 0 Å². The van der Waals surface area contributed by atoms with Gasteiger partial charge in [0.15, 0.2) is 0 Å². The van der Waals surface area contributed by atoms with E-state index in [0.717, 1.165) is 16.2 Å². The predicted octanol–water partition coefficient (Wildman–Crippen LogP) is 4.89. The first-order valence-electron chi connectivity index (χ1n) is 9.35. The summed E-state index contributed by atoms with van der Waals surface area (Å²) < 4.78 is 19.9. The van der Waals surface area contributed by atoms with Crippen molar-refractivity contribution in [1.82, 2.24) is 5.09 Å². The Kier molecular flexibility index (Phi) is 5.77. The molecule has 0 saturated carbocycles. The predicted molar refractivity (Wildman–Crippen MR) is 118 cm³/mol. The van der Waals surface area contributed by atoms with Gasteiger partial charge in [0, 0.05) is 16.2 Å². The molecule has 0 unspecified atom stereocenters. The minimum atomic E-state index is -3.16. The van der Waals surface area contributed by atoms with Crippen molar-refractivity contribution < 1.29 is 8.98 Å². The van der Waals surface area contributed by atoms with Gasteiger partial charge in [0.05, 0.1) is 6.26 Å². The van der Waals surface area contributed by atoms with Crippen LogP contribution in [-0.2, 0) is 4.57 Å². The molecule has 29 heavy (non-hydrogen) atoms. The Labute approximate surface area is 170 Å². The van der Waals surface area contributed by atoms with Crippen LogP contribution in [0.25, 0.3) is 0 Å². The van der Waals surface area contributed by atoms with E-state index < -0.39 is 13.3 Å². The topological polar surface area (TPSA) is 42.2 Å². The lowest BCUT2D eigenvalue weighted by molar-refractivity contribution is 0.483. The van der Waals surface area contributed by atoms with Gasteiger partial charge in [-0.2, -0.15) is 0 Å². The van der Waals surface area contributed by atoms with Crippen LogP contribution in [0.15, 0.2) is 114 Å². The minimum absolute atomic E-state index is 0.531. The Balaban J connectivity index is 1.78. The lowest BCUT2D eigenvalue weighted by atomic mass is 10.2. The van der Waals surface area contributed by atoms with Crippen molar-refractivity contribution in [1.29, 1.82) is 0 Å². The van der Waals surface area contributed by atoms with E-state index in [1.165, 1.54) is 0 Å². The summed E-state index contributed by atoms with van der Waals surface area (Å²) in [6, 6.07) is 31.8. The molecule has 0 aliphatic heterocycles. The molecule has 4 heteroatoms. The fourth-order valence-corrected chi connectivity index (χ4v) is 5.39. The highest BCUT2D eigenvalue weighted by Gasteiger charge is 2.31. The maximum Gasteiger partial charge on any atom is 0.205 e. The molecule has 0 spiro atoms. The SMILES string of the molecule is O=P(N[C@H](C#Cc1ccccc1)c1ccco1)(c1ccccc1)c1ccccc1. The van der Waals surface area contributed by atoms with Gasteiger partial charge in [-0.15, -0.1) is 0 Å². The van der Waals surface area contributed by atoms with E-state index in [0.29, 0.717) is 5.76 Å². The Morgan fingerprint density at radius 2 is 1.28 bits per heavy atom. The zero-order chi connectivity index (χ0) is 19.9. The summed E-state index contributed by atoms with van der Waals surface area (Å²) in [5, 5.41) is 4.78.